The highest BCUT2D eigenvalue weighted by molar-refractivity contribution is 7.21. The Morgan fingerprint density at radius 1 is 1.29 bits per heavy atom. The van der Waals surface area contributed by atoms with Gasteiger partial charge in [0.1, 0.15) is 4.88 Å². The van der Waals surface area contributed by atoms with Crippen LogP contribution in [0.2, 0.25) is 5.02 Å². The maximum atomic E-state index is 12.3. The van der Waals surface area contributed by atoms with E-state index in [1.807, 2.05) is 37.3 Å². The number of halogens is 1. The molecule has 1 amide bonds. The topological polar surface area (TPSA) is 42.0 Å². The van der Waals surface area contributed by atoms with E-state index < -0.39 is 0 Å². The van der Waals surface area contributed by atoms with E-state index in [9.17, 15) is 4.79 Å². The Hall–Kier alpha value is -1.91. The van der Waals surface area contributed by atoms with E-state index in [1.54, 1.807) is 12.4 Å². The minimum atomic E-state index is -0.143. The predicted molar refractivity (Wildman–Crippen MR) is 87.0 cm³/mol. The van der Waals surface area contributed by atoms with Crippen molar-refractivity contribution in [1.82, 2.24) is 10.3 Å². The van der Waals surface area contributed by atoms with Gasteiger partial charge in [0.25, 0.3) is 5.91 Å². The summed E-state index contributed by atoms with van der Waals surface area (Å²) in [6, 6.07) is 9.75. The molecule has 0 aliphatic rings. The SMILES string of the molecule is Cc1ccc2c(Cl)c(C(=O)NCc3ccncc3)sc2c1. The van der Waals surface area contributed by atoms with E-state index in [1.165, 1.54) is 11.3 Å². The second-order valence-corrected chi connectivity index (χ2v) is 6.21. The van der Waals surface area contributed by atoms with Crippen molar-refractivity contribution in [3.63, 3.8) is 0 Å². The number of fused-ring (bicyclic) bond motifs is 1. The number of thiophene rings is 1. The molecule has 3 nitrogen and oxygen atoms in total. The first-order valence-corrected chi connectivity index (χ1v) is 7.70. The average Bonchev–Trinajstić information content (AvgIpc) is 2.82. The standard InChI is InChI=1S/C16H13ClN2OS/c1-10-2-3-12-13(8-10)21-15(14(12)17)16(20)19-9-11-4-6-18-7-5-11/h2-8H,9H2,1H3,(H,19,20). The number of rotatable bonds is 3. The zero-order chi connectivity index (χ0) is 14.8. The number of carbonyl (C=O) groups is 1. The second-order valence-electron chi connectivity index (χ2n) is 4.78. The summed E-state index contributed by atoms with van der Waals surface area (Å²) in [6.45, 7) is 2.49. The zero-order valence-corrected chi connectivity index (χ0v) is 13.0. The number of aryl methyl sites for hydroxylation is 1. The fraction of sp³-hybridized carbons (Fsp3) is 0.125. The van der Waals surface area contributed by atoms with Crippen molar-refractivity contribution in [3.05, 3.63) is 63.8 Å². The van der Waals surface area contributed by atoms with Gasteiger partial charge in [-0.2, -0.15) is 0 Å². The molecule has 106 valence electrons. The van der Waals surface area contributed by atoms with Gasteiger partial charge in [-0.3, -0.25) is 9.78 Å². The first-order chi connectivity index (χ1) is 10.1. The quantitative estimate of drug-likeness (QED) is 0.787. The molecule has 2 heterocycles. The maximum Gasteiger partial charge on any atom is 0.263 e. The third-order valence-electron chi connectivity index (χ3n) is 3.19. The van der Waals surface area contributed by atoms with E-state index in [-0.39, 0.29) is 5.91 Å². The molecule has 0 atom stereocenters. The number of benzene rings is 1. The van der Waals surface area contributed by atoms with Gasteiger partial charge < -0.3 is 5.32 Å². The summed E-state index contributed by atoms with van der Waals surface area (Å²) in [7, 11) is 0. The largest absolute Gasteiger partial charge is 0.347 e. The van der Waals surface area contributed by atoms with Crippen LogP contribution in [0.1, 0.15) is 20.8 Å². The molecule has 2 aromatic heterocycles. The second kappa shape index (κ2) is 5.84. The highest BCUT2D eigenvalue weighted by Gasteiger charge is 2.16. The number of aromatic nitrogens is 1. The van der Waals surface area contributed by atoms with Gasteiger partial charge in [0.15, 0.2) is 0 Å². The average molecular weight is 317 g/mol. The third-order valence-corrected chi connectivity index (χ3v) is 4.85. The summed E-state index contributed by atoms with van der Waals surface area (Å²) in [5.74, 6) is -0.143. The van der Waals surface area contributed by atoms with Crippen molar-refractivity contribution < 1.29 is 4.79 Å². The van der Waals surface area contributed by atoms with Crippen molar-refractivity contribution in [2.75, 3.05) is 0 Å². The first-order valence-electron chi connectivity index (χ1n) is 6.51. The Balaban J connectivity index is 1.83. The van der Waals surface area contributed by atoms with Gasteiger partial charge in [-0.05, 0) is 36.2 Å². The Bertz CT molecular complexity index is 799. The van der Waals surface area contributed by atoms with E-state index in [2.05, 4.69) is 10.3 Å². The summed E-state index contributed by atoms with van der Waals surface area (Å²) >= 11 is 7.75. The number of hydrogen-bond donors (Lipinski definition) is 1. The molecule has 0 aliphatic heterocycles. The highest BCUT2D eigenvalue weighted by atomic mass is 35.5. The Kier molecular flexibility index (Phi) is 3.90. The lowest BCUT2D eigenvalue weighted by Crippen LogP contribution is -2.22. The molecule has 0 aliphatic carbocycles. The Morgan fingerprint density at radius 3 is 2.81 bits per heavy atom. The summed E-state index contributed by atoms with van der Waals surface area (Å²) in [4.78, 5) is 16.8. The van der Waals surface area contributed by atoms with Crippen molar-refractivity contribution in [2.45, 2.75) is 13.5 Å². The first kappa shape index (κ1) is 14.0. The summed E-state index contributed by atoms with van der Waals surface area (Å²) in [6.07, 6.45) is 3.41. The van der Waals surface area contributed by atoms with Crippen LogP contribution in [0.3, 0.4) is 0 Å². The summed E-state index contributed by atoms with van der Waals surface area (Å²) in [5, 5.41) is 4.35. The molecule has 5 heteroatoms. The van der Waals surface area contributed by atoms with Gasteiger partial charge >= 0.3 is 0 Å². The van der Waals surface area contributed by atoms with Gasteiger partial charge in [-0.15, -0.1) is 11.3 Å². The fourth-order valence-electron chi connectivity index (χ4n) is 2.08. The molecule has 0 bridgehead atoms. The van der Waals surface area contributed by atoms with E-state index >= 15 is 0 Å². The van der Waals surface area contributed by atoms with E-state index in [0.29, 0.717) is 16.4 Å². The third kappa shape index (κ3) is 2.91. The van der Waals surface area contributed by atoms with Crippen LogP contribution in [0, 0.1) is 6.92 Å². The lowest BCUT2D eigenvalue weighted by Gasteiger charge is -2.03. The van der Waals surface area contributed by atoms with Crippen LogP contribution in [0.25, 0.3) is 10.1 Å². The summed E-state index contributed by atoms with van der Waals surface area (Å²) in [5.41, 5.74) is 2.16. The number of carbonyl (C=O) groups excluding carboxylic acids is 1. The number of amides is 1. The minimum Gasteiger partial charge on any atom is -0.347 e. The van der Waals surface area contributed by atoms with Crippen LogP contribution < -0.4 is 5.32 Å². The molecular formula is C16H13ClN2OS. The van der Waals surface area contributed by atoms with Crippen LogP contribution in [0.4, 0.5) is 0 Å². The molecule has 0 fully saturated rings. The molecule has 21 heavy (non-hydrogen) atoms. The molecule has 0 spiro atoms. The van der Waals surface area contributed by atoms with E-state index in [4.69, 9.17) is 11.6 Å². The molecule has 1 aromatic carbocycles. The molecule has 3 aromatic rings. The minimum absolute atomic E-state index is 0.143. The monoisotopic (exact) mass is 316 g/mol. The fourth-order valence-corrected chi connectivity index (χ4v) is 3.61. The van der Waals surface area contributed by atoms with Gasteiger partial charge in [0.05, 0.1) is 5.02 Å². The number of hydrogen-bond acceptors (Lipinski definition) is 3. The normalized spacial score (nSPS) is 10.8. The van der Waals surface area contributed by atoms with Crippen molar-refractivity contribution in [2.24, 2.45) is 0 Å². The summed E-state index contributed by atoms with van der Waals surface area (Å²) < 4.78 is 1.04. The molecule has 1 N–H and O–H groups in total. The molecule has 0 saturated carbocycles. The maximum absolute atomic E-state index is 12.3. The number of pyridine rings is 1. The number of nitrogens with one attached hydrogen (secondary N) is 1. The predicted octanol–water partition coefficient (Wildman–Crippen LogP) is 4.19. The molecule has 0 unspecified atom stereocenters. The van der Waals surface area contributed by atoms with Gasteiger partial charge in [0, 0.05) is 29.0 Å². The van der Waals surface area contributed by atoms with Crippen molar-refractivity contribution in [1.29, 1.82) is 0 Å². The molecule has 0 radical (unpaired) electrons. The van der Waals surface area contributed by atoms with Crippen LogP contribution in [-0.2, 0) is 6.54 Å². The zero-order valence-electron chi connectivity index (χ0n) is 11.4. The Morgan fingerprint density at radius 2 is 2.05 bits per heavy atom. The smallest absolute Gasteiger partial charge is 0.263 e. The van der Waals surface area contributed by atoms with Crippen LogP contribution in [0.5, 0.6) is 0 Å². The van der Waals surface area contributed by atoms with Crippen LogP contribution >= 0.6 is 22.9 Å². The van der Waals surface area contributed by atoms with Gasteiger partial charge in [-0.1, -0.05) is 23.7 Å². The molecular weight excluding hydrogens is 304 g/mol. The highest BCUT2D eigenvalue weighted by Crippen LogP contribution is 2.35. The van der Waals surface area contributed by atoms with Crippen LogP contribution in [-0.4, -0.2) is 10.9 Å². The van der Waals surface area contributed by atoms with Gasteiger partial charge in [0.2, 0.25) is 0 Å². The molecule has 3 rings (SSSR count). The van der Waals surface area contributed by atoms with E-state index in [0.717, 1.165) is 21.2 Å². The van der Waals surface area contributed by atoms with Gasteiger partial charge in [-0.25, -0.2) is 0 Å². The molecule has 0 saturated heterocycles. The lowest BCUT2D eigenvalue weighted by molar-refractivity contribution is 0.0955. The lowest BCUT2D eigenvalue weighted by atomic mass is 10.2. The van der Waals surface area contributed by atoms with Crippen LogP contribution in [0.15, 0.2) is 42.7 Å². The Labute approximate surface area is 131 Å². The van der Waals surface area contributed by atoms with Crippen molar-refractivity contribution >= 4 is 38.9 Å². The van der Waals surface area contributed by atoms with Crippen molar-refractivity contribution in [3.8, 4) is 0 Å². The number of nitrogens with zero attached hydrogens (tertiary/aromatic N) is 1.